The molecule has 0 bridgehead atoms. The highest BCUT2D eigenvalue weighted by Gasteiger charge is 2.12. The van der Waals surface area contributed by atoms with Gasteiger partial charge in [0, 0.05) is 13.1 Å². The van der Waals surface area contributed by atoms with Crippen molar-refractivity contribution in [3.05, 3.63) is 29.0 Å². The number of alkyl halides is 1. The predicted molar refractivity (Wildman–Crippen MR) is 71.9 cm³/mol. The molecule has 5 nitrogen and oxygen atoms in total. The Balaban J connectivity index is 2.37. The number of rotatable bonds is 4. The fourth-order valence-electron chi connectivity index (χ4n) is 1.82. The first-order valence-corrected chi connectivity index (χ1v) is 6.27. The van der Waals surface area contributed by atoms with Crippen LogP contribution in [0.1, 0.15) is 5.82 Å². The topological polar surface area (TPSA) is 72.9 Å². The standard InChI is InChI=1S/C11H12Cl2N4O/c12-6-9-16-8-3-1-2-7(13)10(8)17(9)5-4-15-11(14)18/h1-3H,4-6H2,(H3,14,15,18). The van der Waals surface area contributed by atoms with Crippen LogP contribution >= 0.6 is 23.2 Å². The summed E-state index contributed by atoms with van der Waals surface area (Å²) in [5.74, 6) is 0.993. The van der Waals surface area contributed by atoms with E-state index in [1.807, 2.05) is 16.7 Å². The van der Waals surface area contributed by atoms with Crippen LogP contribution in [0.15, 0.2) is 18.2 Å². The number of fused-ring (bicyclic) bond motifs is 1. The van der Waals surface area contributed by atoms with E-state index in [0.717, 1.165) is 11.0 Å². The van der Waals surface area contributed by atoms with Gasteiger partial charge in [0.25, 0.3) is 0 Å². The first-order valence-electron chi connectivity index (χ1n) is 5.36. The molecule has 2 amide bonds. The van der Waals surface area contributed by atoms with Gasteiger partial charge < -0.3 is 15.6 Å². The van der Waals surface area contributed by atoms with Gasteiger partial charge in [-0.15, -0.1) is 11.6 Å². The Morgan fingerprint density at radius 3 is 2.94 bits per heavy atom. The maximum atomic E-state index is 10.6. The van der Waals surface area contributed by atoms with Crippen molar-refractivity contribution in [2.24, 2.45) is 5.73 Å². The summed E-state index contributed by atoms with van der Waals surface area (Å²) in [5.41, 5.74) is 6.63. The van der Waals surface area contributed by atoms with Gasteiger partial charge in [0.05, 0.1) is 21.9 Å². The lowest BCUT2D eigenvalue weighted by atomic mass is 10.3. The Bertz CT molecular complexity index is 582. The lowest BCUT2D eigenvalue weighted by Crippen LogP contribution is -2.32. The average molecular weight is 287 g/mol. The van der Waals surface area contributed by atoms with Crippen molar-refractivity contribution in [1.82, 2.24) is 14.9 Å². The molecule has 0 saturated carbocycles. The molecule has 1 aromatic carbocycles. The summed E-state index contributed by atoms with van der Waals surface area (Å²) in [6.07, 6.45) is 0. The molecule has 2 aromatic rings. The van der Waals surface area contributed by atoms with Crippen molar-refractivity contribution in [2.75, 3.05) is 6.54 Å². The van der Waals surface area contributed by atoms with Gasteiger partial charge in [0.1, 0.15) is 5.82 Å². The van der Waals surface area contributed by atoms with E-state index in [1.165, 1.54) is 0 Å². The molecular formula is C11H12Cl2N4O. The molecule has 0 radical (unpaired) electrons. The van der Waals surface area contributed by atoms with E-state index in [2.05, 4.69) is 10.3 Å². The van der Waals surface area contributed by atoms with E-state index in [0.29, 0.717) is 23.9 Å². The van der Waals surface area contributed by atoms with Crippen LogP contribution in [-0.4, -0.2) is 22.1 Å². The Morgan fingerprint density at radius 1 is 1.50 bits per heavy atom. The Morgan fingerprint density at radius 2 is 2.28 bits per heavy atom. The fraction of sp³-hybridized carbons (Fsp3) is 0.273. The van der Waals surface area contributed by atoms with Crippen molar-refractivity contribution in [3.8, 4) is 0 Å². The smallest absolute Gasteiger partial charge is 0.312 e. The van der Waals surface area contributed by atoms with Gasteiger partial charge in [0.15, 0.2) is 0 Å². The highest BCUT2D eigenvalue weighted by molar-refractivity contribution is 6.35. The number of primary amides is 1. The number of carbonyl (C=O) groups is 1. The molecule has 0 aliphatic carbocycles. The summed E-state index contributed by atoms with van der Waals surface area (Å²) in [5, 5.41) is 3.13. The van der Waals surface area contributed by atoms with E-state index < -0.39 is 6.03 Å². The second-order valence-corrected chi connectivity index (χ2v) is 4.39. The average Bonchev–Trinajstić information content (AvgIpc) is 2.68. The van der Waals surface area contributed by atoms with Crippen molar-refractivity contribution < 1.29 is 4.79 Å². The van der Waals surface area contributed by atoms with Gasteiger partial charge >= 0.3 is 6.03 Å². The Hall–Kier alpha value is -1.46. The number of imidazole rings is 1. The molecule has 0 fully saturated rings. The molecule has 1 heterocycles. The second-order valence-electron chi connectivity index (χ2n) is 3.71. The number of para-hydroxylation sites is 1. The molecule has 0 saturated heterocycles. The van der Waals surface area contributed by atoms with Crippen molar-refractivity contribution in [3.63, 3.8) is 0 Å². The van der Waals surface area contributed by atoms with Crippen LogP contribution in [0.5, 0.6) is 0 Å². The molecule has 2 rings (SSSR count). The number of amides is 2. The van der Waals surface area contributed by atoms with Crippen LogP contribution in [0, 0.1) is 0 Å². The largest absolute Gasteiger partial charge is 0.352 e. The minimum atomic E-state index is -0.557. The summed E-state index contributed by atoms with van der Waals surface area (Å²) in [6, 6.07) is 4.94. The van der Waals surface area contributed by atoms with Gasteiger partial charge in [-0.3, -0.25) is 0 Å². The molecule has 0 spiro atoms. The number of urea groups is 1. The predicted octanol–water partition coefficient (Wildman–Crippen LogP) is 2.10. The number of benzene rings is 1. The number of hydrogen-bond acceptors (Lipinski definition) is 2. The maximum absolute atomic E-state index is 10.6. The summed E-state index contributed by atoms with van der Waals surface area (Å²) in [7, 11) is 0. The van der Waals surface area contributed by atoms with Crippen LogP contribution in [0.3, 0.4) is 0 Å². The van der Waals surface area contributed by atoms with Gasteiger partial charge in [-0.25, -0.2) is 9.78 Å². The van der Waals surface area contributed by atoms with Crippen molar-refractivity contribution in [1.29, 1.82) is 0 Å². The number of carbonyl (C=O) groups excluding carboxylic acids is 1. The SMILES string of the molecule is NC(=O)NCCn1c(CCl)nc2cccc(Cl)c21. The van der Waals surface area contributed by atoms with Crippen molar-refractivity contribution >= 4 is 40.3 Å². The first-order chi connectivity index (χ1) is 8.63. The number of aromatic nitrogens is 2. The molecule has 3 N–H and O–H groups in total. The quantitative estimate of drug-likeness (QED) is 0.845. The van der Waals surface area contributed by atoms with Gasteiger partial charge in [-0.05, 0) is 12.1 Å². The summed E-state index contributed by atoms with van der Waals surface area (Å²) in [6.45, 7) is 0.918. The third-order valence-electron chi connectivity index (χ3n) is 2.55. The molecule has 7 heteroatoms. The maximum Gasteiger partial charge on any atom is 0.312 e. The number of hydrogen-bond donors (Lipinski definition) is 2. The molecule has 0 unspecified atom stereocenters. The minimum Gasteiger partial charge on any atom is -0.352 e. The summed E-state index contributed by atoms with van der Waals surface area (Å²) < 4.78 is 1.89. The number of nitrogens with one attached hydrogen (secondary N) is 1. The molecule has 18 heavy (non-hydrogen) atoms. The van der Waals surface area contributed by atoms with E-state index >= 15 is 0 Å². The number of nitrogens with two attached hydrogens (primary N) is 1. The molecule has 0 aliphatic rings. The summed E-state index contributed by atoms with van der Waals surface area (Å²) in [4.78, 5) is 15.0. The van der Waals surface area contributed by atoms with Crippen LogP contribution in [0.2, 0.25) is 5.02 Å². The van der Waals surface area contributed by atoms with Crippen LogP contribution in [0.25, 0.3) is 11.0 Å². The zero-order valence-electron chi connectivity index (χ0n) is 9.49. The van der Waals surface area contributed by atoms with E-state index in [4.69, 9.17) is 28.9 Å². The number of nitrogens with zero attached hydrogens (tertiary/aromatic N) is 2. The van der Waals surface area contributed by atoms with Crippen molar-refractivity contribution in [2.45, 2.75) is 12.4 Å². The molecule has 1 aromatic heterocycles. The normalized spacial score (nSPS) is 10.8. The van der Waals surface area contributed by atoms with E-state index in [9.17, 15) is 4.79 Å². The highest BCUT2D eigenvalue weighted by Crippen LogP contribution is 2.25. The summed E-state index contributed by atoms with van der Waals surface area (Å²) >= 11 is 12.0. The monoisotopic (exact) mass is 286 g/mol. The lowest BCUT2D eigenvalue weighted by Gasteiger charge is -2.08. The highest BCUT2D eigenvalue weighted by atomic mass is 35.5. The first kappa shape index (κ1) is 13.0. The van der Waals surface area contributed by atoms with Crippen LogP contribution < -0.4 is 11.1 Å². The lowest BCUT2D eigenvalue weighted by molar-refractivity contribution is 0.248. The van der Waals surface area contributed by atoms with Gasteiger partial charge in [-0.1, -0.05) is 17.7 Å². The van der Waals surface area contributed by atoms with E-state index in [-0.39, 0.29) is 5.88 Å². The van der Waals surface area contributed by atoms with Crippen LogP contribution in [0.4, 0.5) is 4.79 Å². The van der Waals surface area contributed by atoms with Gasteiger partial charge in [0.2, 0.25) is 0 Å². The molecule has 96 valence electrons. The zero-order valence-corrected chi connectivity index (χ0v) is 11.0. The molecule has 0 atom stereocenters. The molecular weight excluding hydrogens is 275 g/mol. The van der Waals surface area contributed by atoms with E-state index in [1.54, 1.807) is 6.07 Å². The van der Waals surface area contributed by atoms with Crippen LogP contribution in [-0.2, 0) is 12.4 Å². The minimum absolute atomic E-state index is 0.279. The third-order valence-corrected chi connectivity index (χ3v) is 3.09. The Kier molecular flexibility index (Phi) is 3.93. The number of halogens is 2. The third kappa shape index (κ3) is 2.52. The molecule has 0 aliphatic heterocycles. The van der Waals surface area contributed by atoms with Gasteiger partial charge in [-0.2, -0.15) is 0 Å². The zero-order chi connectivity index (χ0) is 13.1. The second kappa shape index (κ2) is 5.46. The Labute approximate surface area is 114 Å². The fourth-order valence-corrected chi connectivity index (χ4v) is 2.30.